The molecule has 2 rings (SSSR count). The molecule has 0 fully saturated rings. The summed E-state index contributed by atoms with van der Waals surface area (Å²) in [7, 11) is -2.67. The van der Waals surface area contributed by atoms with Crippen molar-refractivity contribution in [3.05, 3.63) is 24.0 Å². The highest BCUT2D eigenvalue weighted by molar-refractivity contribution is 7.92. The summed E-state index contributed by atoms with van der Waals surface area (Å²) in [4.78, 5) is 0.489. The number of rotatable bonds is 3. The summed E-state index contributed by atoms with van der Waals surface area (Å²) in [6.45, 7) is 0. The Balaban J connectivity index is 2.39. The van der Waals surface area contributed by atoms with Crippen LogP contribution in [0.2, 0.25) is 0 Å². The smallest absolute Gasteiger partial charge is 0.277 e. The molecule has 0 aliphatic rings. The molecule has 8 nitrogen and oxygen atoms in total. The van der Waals surface area contributed by atoms with Crippen molar-refractivity contribution in [3.63, 3.8) is 0 Å². The number of tetrazole rings is 1. The molecule has 0 saturated heterocycles. The molecule has 0 bridgehead atoms. The van der Waals surface area contributed by atoms with Crippen LogP contribution in [-0.4, -0.2) is 28.6 Å². The maximum Gasteiger partial charge on any atom is 0.277 e. The first-order valence-electron chi connectivity index (χ1n) is 4.70. The second kappa shape index (κ2) is 4.22. The SMILES string of the molecule is Cn1nnc(NS(=O)(=O)c2cc(N)ccc2F)n1. The van der Waals surface area contributed by atoms with E-state index in [-0.39, 0.29) is 11.6 Å². The predicted molar refractivity (Wildman–Crippen MR) is 60.4 cm³/mol. The van der Waals surface area contributed by atoms with Crippen molar-refractivity contribution in [1.29, 1.82) is 0 Å². The zero-order valence-electron chi connectivity index (χ0n) is 9.20. The first-order chi connectivity index (χ1) is 8.38. The monoisotopic (exact) mass is 272 g/mol. The van der Waals surface area contributed by atoms with Gasteiger partial charge in [0, 0.05) is 5.69 Å². The molecule has 96 valence electrons. The van der Waals surface area contributed by atoms with E-state index in [0.717, 1.165) is 16.9 Å². The van der Waals surface area contributed by atoms with Crippen LogP contribution in [0.1, 0.15) is 0 Å². The minimum absolute atomic E-state index is 0.129. The van der Waals surface area contributed by atoms with Gasteiger partial charge in [-0.05, 0) is 23.4 Å². The van der Waals surface area contributed by atoms with Crippen molar-refractivity contribution in [2.45, 2.75) is 4.90 Å². The van der Waals surface area contributed by atoms with Gasteiger partial charge in [0.05, 0.1) is 7.05 Å². The first kappa shape index (κ1) is 12.2. The van der Waals surface area contributed by atoms with Crippen LogP contribution in [0.3, 0.4) is 0 Å². The molecular weight excluding hydrogens is 263 g/mol. The fourth-order valence-electron chi connectivity index (χ4n) is 1.23. The van der Waals surface area contributed by atoms with E-state index in [9.17, 15) is 12.8 Å². The quantitative estimate of drug-likeness (QED) is 0.743. The summed E-state index contributed by atoms with van der Waals surface area (Å²) in [5.74, 6) is -1.17. The summed E-state index contributed by atoms with van der Waals surface area (Å²) < 4.78 is 39.2. The van der Waals surface area contributed by atoms with Gasteiger partial charge in [0.2, 0.25) is 0 Å². The van der Waals surface area contributed by atoms with Crippen LogP contribution in [0.5, 0.6) is 0 Å². The van der Waals surface area contributed by atoms with Crippen LogP contribution in [0.15, 0.2) is 23.1 Å². The van der Waals surface area contributed by atoms with E-state index >= 15 is 0 Å². The van der Waals surface area contributed by atoms with E-state index in [1.807, 2.05) is 4.72 Å². The molecule has 1 aromatic carbocycles. The maximum absolute atomic E-state index is 13.4. The van der Waals surface area contributed by atoms with Crippen molar-refractivity contribution in [3.8, 4) is 0 Å². The molecule has 0 aliphatic heterocycles. The third-order valence-corrected chi connectivity index (χ3v) is 3.32. The summed E-state index contributed by atoms with van der Waals surface area (Å²) in [5.41, 5.74) is 5.54. The number of hydrogen-bond acceptors (Lipinski definition) is 6. The first-order valence-corrected chi connectivity index (χ1v) is 6.18. The number of aromatic nitrogens is 4. The summed E-state index contributed by atoms with van der Waals surface area (Å²) >= 11 is 0. The highest BCUT2D eigenvalue weighted by Crippen LogP contribution is 2.19. The van der Waals surface area contributed by atoms with Crippen LogP contribution in [0.25, 0.3) is 0 Å². The molecule has 1 heterocycles. The number of sulfonamides is 1. The number of halogens is 1. The molecule has 10 heteroatoms. The summed E-state index contributed by atoms with van der Waals surface area (Å²) in [6.07, 6.45) is 0. The average molecular weight is 272 g/mol. The fraction of sp³-hybridized carbons (Fsp3) is 0.125. The Morgan fingerprint density at radius 2 is 2.17 bits per heavy atom. The zero-order chi connectivity index (χ0) is 13.3. The highest BCUT2D eigenvalue weighted by atomic mass is 32.2. The van der Waals surface area contributed by atoms with Crippen molar-refractivity contribution in [1.82, 2.24) is 20.2 Å². The number of nitrogens with one attached hydrogen (secondary N) is 1. The number of hydrogen-bond donors (Lipinski definition) is 2. The van der Waals surface area contributed by atoms with E-state index < -0.39 is 20.7 Å². The van der Waals surface area contributed by atoms with E-state index in [2.05, 4.69) is 15.4 Å². The third kappa shape index (κ3) is 2.37. The highest BCUT2D eigenvalue weighted by Gasteiger charge is 2.21. The minimum atomic E-state index is -4.14. The summed E-state index contributed by atoms with van der Waals surface area (Å²) in [5, 5.41) is 10.5. The van der Waals surface area contributed by atoms with E-state index in [4.69, 9.17) is 5.73 Å². The predicted octanol–water partition coefficient (Wildman–Crippen LogP) is -0.268. The number of anilines is 2. The molecule has 0 unspecified atom stereocenters. The Morgan fingerprint density at radius 1 is 1.44 bits per heavy atom. The van der Waals surface area contributed by atoms with Crippen LogP contribution in [0.4, 0.5) is 16.0 Å². The van der Waals surface area contributed by atoms with Crippen molar-refractivity contribution in [2.24, 2.45) is 7.05 Å². The van der Waals surface area contributed by atoms with E-state index in [1.165, 1.54) is 13.1 Å². The van der Waals surface area contributed by atoms with Crippen molar-refractivity contribution < 1.29 is 12.8 Å². The van der Waals surface area contributed by atoms with Gasteiger partial charge < -0.3 is 5.73 Å². The second-order valence-electron chi connectivity index (χ2n) is 3.40. The van der Waals surface area contributed by atoms with Gasteiger partial charge in [0.15, 0.2) is 0 Å². The Hall–Kier alpha value is -2.23. The van der Waals surface area contributed by atoms with Crippen LogP contribution >= 0.6 is 0 Å². The molecule has 1 aromatic heterocycles. The molecule has 3 N–H and O–H groups in total. The number of nitrogens with two attached hydrogens (primary N) is 1. The van der Waals surface area contributed by atoms with Gasteiger partial charge >= 0.3 is 0 Å². The van der Waals surface area contributed by atoms with Crippen LogP contribution < -0.4 is 10.5 Å². The lowest BCUT2D eigenvalue weighted by atomic mass is 10.3. The molecule has 0 saturated carbocycles. The molecule has 2 aromatic rings. The van der Waals surface area contributed by atoms with Gasteiger partial charge in [-0.15, -0.1) is 5.10 Å². The lowest BCUT2D eigenvalue weighted by Gasteiger charge is -2.06. The molecule has 18 heavy (non-hydrogen) atoms. The normalized spacial score (nSPS) is 11.4. The fourth-order valence-corrected chi connectivity index (χ4v) is 2.27. The average Bonchev–Trinajstić information content (AvgIpc) is 2.66. The van der Waals surface area contributed by atoms with Gasteiger partial charge in [-0.1, -0.05) is 5.10 Å². The Kier molecular flexibility index (Phi) is 2.87. The molecular formula is C8H9FN6O2S. The van der Waals surface area contributed by atoms with Gasteiger partial charge in [0.25, 0.3) is 16.0 Å². The van der Waals surface area contributed by atoms with Crippen molar-refractivity contribution >= 4 is 21.7 Å². The van der Waals surface area contributed by atoms with Gasteiger partial charge in [-0.2, -0.15) is 4.80 Å². The number of nitrogen functional groups attached to an aromatic ring is 1. The Labute approximate surface area is 102 Å². The number of aryl methyl sites for hydroxylation is 1. The Morgan fingerprint density at radius 3 is 2.78 bits per heavy atom. The van der Waals surface area contributed by atoms with Gasteiger partial charge in [-0.25, -0.2) is 17.5 Å². The Bertz CT molecular complexity index is 683. The van der Waals surface area contributed by atoms with Gasteiger partial charge in [-0.3, -0.25) is 0 Å². The number of benzene rings is 1. The zero-order valence-corrected chi connectivity index (χ0v) is 10.0. The molecule has 0 radical (unpaired) electrons. The van der Waals surface area contributed by atoms with Crippen LogP contribution in [0, 0.1) is 5.82 Å². The maximum atomic E-state index is 13.4. The minimum Gasteiger partial charge on any atom is -0.399 e. The van der Waals surface area contributed by atoms with Crippen molar-refractivity contribution in [2.75, 3.05) is 10.5 Å². The van der Waals surface area contributed by atoms with Crippen LogP contribution in [-0.2, 0) is 17.1 Å². The lowest BCUT2D eigenvalue weighted by molar-refractivity contribution is 0.570. The molecule has 0 atom stereocenters. The van der Waals surface area contributed by atoms with E-state index in [0.29, 0.717) is 0 Å². The van der Waals surface area contributed by atoms with E-state index in [1.54, 1.807) is 0 Å². The number of nitrogens with zero attached hydrogens (tertiary/aromatic N) is 4. The van der Waals surface area contributed by atoms with Gasteiger partial charge in [0.1, 0.15) is 10.7 Å². The largest absolute Gasteiger partial charge is 0.399 e. The lowest BCUT2D eigenvalue weighted by Crippen LogP contribution is -2.16. The summed E-state index contributed by atoms with van der Waals surface area (Å²) in [6, 6.07) is 3.23. The molecule has 0 spiro atoms. The molecule has 0 aliphatic carbocycles. The third-order valence-electron chi connectivity index (χ3n) is 1.98. The molecule has 0 amide bonds. The standard InChI is InChI=1S/C8H9FN6O2S/c1-15-12-8(11-14-15)13-18(16,17)7-4-5(10)2-3-6(7)9/h2-4H,10H2,1H3,(H,12,13). The second-order valence-corrected chi connectivity index (χ2v) is 5.05. The topological polar surface area (TPSA) is 116 Å².